The third kappa shape index (κ3) is 2.56. The molecule has 0 spiro atoms. The van der Waals surface area contributed by atoms with Gasteiger partial charge in [0, 0.05) is 0 Å². The molecule has 2 unspecified atom stereocenters. The van der Waals surface area contributed by atoms with Crippen LogP contribution in [0.5, 0.6) is 0 Å². The fourth-order valence-corrected chi connectivity index (χ4v) is 4.03. The molecule has 0 fully saturated rings. The van der Waals surface area contributed by atoms with Gasteiger partial charge in [0.1, 0.15) is 17.2 Å². The number of hydrogen-bond acceptors (Lipinski definition) is 2. The average Bonchev–Trinajstić information content (AvgIpc) is 2.93. The van der Waals surface area contributed by atoms with E-state index in [-0.39, 0.29) is 11.4 Å². The predicted molar refractivity (Wildman–Crippen MR) is 94.4 cm³/mol. The Morgan fingerprint density at radius 1 is 1.35 bits per heavy atom. The Labute approximate surface area is 142 Å². The summed E-state index contributed by atoms with van der Waals surface area (Å²) >= 11 is 6.89. The highest BCUT2D eigenvalue weighted by Crippen LogP contribution is 2.46. The highest BCUT2D eigenvalue weighted by molar-refractivity contribution is 6.21. The van der Waals surface area contributed by atoms with Gasteiger partial charge in [0.15, 0.2) is 0 Å². The van der Waals surface area contributed by atoms with E-state index in [1.165, 1.54) is 11.1 Å². The van der Waals surface area contributed by atoms with Crippen molar-refractivity contribution in [2.75, 3.05) is 0 Å². The predicted octanol–water partition coefficient (Wildman–Crippen LogP) is 5.54. The molecule has 0 bridgehead atoms. The molecule has 0 saturated heterocycles. The van der Waals surface area contributed by atoms with Gasteiger partial charge in [-0.15, -0.1) is 0 Å². The van der Waals surface area contributed by atoms with Gasteiger partial charge in [-0.3, -0.25) is 0 Å². The van der Waals surface area contributed by atoms with Crippen LogP contribution in [0.2, 0.25) is 0 Å². The highest BCUT2D eigenvalue weighted by atomic mass is 35.5. The summed E-state index contributed by atoms with van der Waals surface area (Å²) in [5.41, 5.74) is 4.06. The van der Waals surface area contributed by atoms with Crippen LogP contribution in [0.3, 0.4) is 0 Å². The van der Waals surface area contributed by atoms with Gasteiger partial charge in [0.2, 0.25) is 0 Å². The molecule has 0 aliphatic carbocycles. The first-order valence-electron chi connectivity index (χ1n) is 8.33. The largest absolute Gasteiger partial charge is 0.305 e. The van der Waals surface area contributed by atoms with Crippen molar-refractivity contribution in [2.45, 2.75) is 51.5 Å². The molecule has 3 nitrogen and oxygen atoms in total. The van der Waals surface area contributed by atoms with Crippen molar-refractivity contribution >= 4 is 22.6 Å². The summed E-state index contributed by atoms with van der Waals surface area (Å²) in [4.78, 5) is 4.73. The quantitative estimate of drug-likeness (QED) is 0.546. The van der Waals surface area contributed by atoms with Crippen molar-refractivity contribution < 1.29 is 0 Å². The van der Waals surface area contributed by atoms with Crippen LogP contribution in [0, 0.1) is 17.2 Å². The lowest BCUT2D eigenvalue weighted by molar-refractivity contribution is 0.561. The number of nitrogens with zero attached hydrogens (tertiary/aromatic N) is 3. The summed E-state index contributed by atoms with van der Waals surface area (Å²) < 4.78 is 2.06. The number of rotatable bonds is 4. The Bertz CT molecular complexity index is 795. The number of benzene rings is 1. The van der Waals surface area contributed by atoms with Crippen LogP contribution in [-0.2, 0) is 0 Å². The van der Waals surface area contributed by atoms with Crippen molar-refractivity contribution in [3.63, 3.8) is 0 Å². The Morgan fingerprint density at radius 3 is 2.74 bits per heavy atom. The minimum absolute atomic E-state index is 0.244. The van der Waals surface area contributed by atoms with Crippen molar-refractivity contribution in [3.8, 4) is 6.07 Å². The van der Waals surface area contributed by atoms with Gasteiger partial charge >= 0.3 is 0 Å². The molecule has 2 aromatic rings. The zero-order valence-corrected chi connectivity index (χ0v) is 14.6. The molecule has 2 heterocycles. The third-order valence-electron chi connectivity index (χ3n) is 4.63. The number of halogens is 1. The molecule has 120 valence electrons. The lowest BCUT2D eigenvalue weighted by atomic mass is 9.82. The first kappa shape index (κ1) is 16.1. The number of para-hydroxylation sites is 2. The van der Waals surface area contributed by atoms with E-state index in [4.69, 9.17) is 16.6 Å². The van der Waals surface area contributed by atoms with Gasteiger partial charge in [-0.2, -0.15) is 5.26 Å². The molecule has 3 rings (SSSR count). The van der Waals surface area contributed by atoms with Gasteiger partial charge in [-0.05, 0) is 42.0 Å². The second kappa shape index (κ2) is 6.37. The zero-order chi connectivity index (χ0) is 16.6. The fraction of sp³-hybridized carbons (Fsp3) is 0.474. The number of allylic oxidation sites excluding steroid dienone is 2. The van der Waals surface area contributed by atoms with E-state index >= 15 is 0 Å². The minimum atomic E-state index is -0.302. The van der Waals surface area contributed by atoms with Gasteiger partial charge in [0.05, 0.1) is 17.1 Å². The van der Waals surface area contributed by atoms with Gasteiger partial charge in [-0.1, -0.05) is 50.9 Å². The second-order valence-corrected chi connectivity index (χ2v) is 6.88. The summed E-state index contributed by atoms with van der Waals surface area (Å²) in [6.07, 6.45) is 3.16. The van der Waals surface area contributed by atoms with Crippen molar-refractivity contribution in [1.29, 1.82) is 5.26 Å². The molecular formula is C19H22ClN3. The molecule has 0 saturated carbocycles. The number of hydrogen-bond donors (Lipinski definition) is 0. The smallest absolute Gasteiger partial charge is 0.133 e. The average molecular weight is 328 g/mol. The number of fused-ring (bicyclic) bond motifs is 3. The Kier molecular flexibility index (Phi) is 4.46. The molecular weight excluding hydrogens is 306 g/mol. The molecule has 0 amide bonds. The normalized spacial score (nSPS) is 20.9. The van der Waals surface area contributed by atoms with Crippen molar-refractivity contribution in [3.05, 3.63) is 41.2 Å². The molecule has 1 aliphatic heterocycles. The highest BCUT2D eigenvalue weighted by Gasteiger charge is 2.36. The fourth-order valence-electron chi connectivity index (χ4n) is 3.58. The van der Waals surface area contributed by atoms with Crippen LogP contribution < -0.4 is 0 Å². The maximum absolute atomic E-state index is 9.83. The molecule has 23 heavy (non-hydrogen) atoms. The van der Waals surface area contributed by atoms with E-state index in [9.17, 15) is 5.26 Å². The maximum atomic E-state index is 9.83. The molecule has 4 heteroatoms. The summed E-state index contributed by atoms with van der Waals surface area (Å²) in [6.45, 7) is 6.47. The SMILES string of the molecule is CCCCC1=C(C(C)C)C(C#N)c2nc3ccccc3n2C1Cl. The third-order valence-corrected chi connectivity index (χ3v) is 5.09. The number of nitriles is 1. The van der Waals surface area contributed by atoms with Crippen molar-refractivity contribution in [2.24, 2.45) is 5.92 Å². The van der Waals surface area contributed by atoms with Crippen LogP contribution in [0.4, 0.5) is 0 Å². The Balaban J connectivity index is 2.24. The molecule has 0 radical (unpaired) electrons. The first-order chi connectivity index (χ1) is 11.1. The van der Waals surface area contributed by atoms with E-state index in [1.807, 2.05) is 24.3 Å². The van der Waals surface area contributed by atoms with Crippen LogP contribution in [0.25, 0.3) is 11.0 Å². The zero-order valence-electron chi connectivity index (χ0n) is 13.9. The Hall–Kier alpha value is -1.79. The van der Waals surface area contributed by atoms with Crippen molar-refractivity contribution in [1.82, 2.24) is 9.55 Å². The van der Waals surface area contributed by atoms with Crippen LogP contribution in [-0.4, -0.2) is 9.55 Å². The number of imidazole rings is 1. The maximum Gasteiger partial charge on any atom is 0.133 e. The van der Waals surface area contributed by atoms with E-state index in [2.05, 4.69) is 31.4 Å². The number of unbranched alkanes of at least 4 members (excludes halogenated alkanes) is 1. The van der Waals surface area contributed by atoms with Gasteiger partial charge in [0.25, 0.3) is 0 Å². The van der Waals surface area contributed by atoms with Crippen LogP contribution in [0.1, 0.15) is 57.3 Å². The molecule has 1 aromatic heterocycles. The van der Waals surface area contributed by atoms with Gasteiger partial charge < -0.3 is 4.57 Å². The summed E-state index contributed by atoms with van der Waals surface area (Å²) in [5.74, 6) is 0.781. The minimum Gasteiger partial charge on any atom is -0.305 e. The van der Waals surface area contributed by atoms with E-state index in [1.54, 1.807) is 0 Å². The van der Waals surface area contributed by atoms with Crippen LogP contribution >= 0.6 is 11.6 Å². The molecule has 2 atom stereocenters. The van der Waals surface area contributed by atoms with E-state index < -0.39 is 0 Å². The summed E-state index contributed by atoms with van der Waals surface area (Å²) in [5, 5.41) is 9.83. The summed E-state index contributed by atoms with van der Waals surface area (Å²) in [6, 6.07) is 10.5. The topological polar surface area (TPSA) is 41.6 Å². The molecule has 1 aliphatic rings. The van der Waals surface area contributed by atoms with E-state index in [0.29, 0.717) is 5.92 Å². The molecule has 1 aromatic carbocycles. The monoisotopic (exact) mass is 327 g/mol. The Morgan fingerprint density at radius 2 is 2.09 bits per heavy atom. The summed E-state index contributed by atoms with van der Waals surface area (Å²) in [7, 11) is 0. The van der Waals surface area contributed by atoms with Gasteiger partial charge in [-0.25, -0.2) is 4.98 Å². The van der Waals surface area contributed by atoms with Crippen LogP contribution in [0.15, 0.2) is 35.4 Å². The first-order valence-corrected chi connectivity index (χ1v) is 8.77. The second-order valence-electron chi connectivity index (χ2n) is 6.47. The lowest BCUT2D eigenvalue weighted by Crippen LogP contribution is -2.24. The van der Waals surface area contributed by atoms with E-state index in [0.717, 1.165) is 36.1 Å². The standard InChI is InChI=1S/C19H22ClN3/c1-4-5-8-13-17(12(2)3)14(11-21)19-22-15-9-6-7-10-16(15)23(19)18(13)20/h6-7,9-10,12,14,18H,4-5,8H2,1-3H3. The lowest BCUT2D eigenvalue weighted by Gasteiger charge is -2.32. The number of aromatic nitrogens is 2. The molecule has 0 N–H and O–H groups in total. The number of alkyl halides is 1.